The van der Waals surface area contributed by atoms with E-state index in [1.165, 1.54) is 16.7 Å². The predicted molar refractivity (Wildman–Crippen MR) is 99.6 cm³/mol. The van der Waals surface area contributed by atoms with Crippen LogP contribution in [0.15, 0.2) is 45.3 Å². The van der Waals surface area contributed by atoms with Crippen molar-refractivity contribution in [3.63, 3.8) is 0 Å². The highest BCUT2D eigenvalue weighted by Gasteiger charge is 2.13. The van der Waals surface area contributed by atoms with Crippen molar-refractivity contribution in [2.45, 2.75) is 25.1 Å². The maximum atomic E-state index is 5.69. The minimum atomic E-state index is 0.167. The van der Waals surface area contributed by atoms with Gasteiger partial charge in [0.25, 0.3) is 0 Å². The minimum Gasteiger partial charge on any atom is -0.492 e. The van der Waals surface area contributed by atoms with Crippen LogP contribution >= 0.6 is 47.8 Å². The van der Waals surface area contributed by atoms with Gasteiger partial charge in [-0.3, -0.25) is 0 Å². The lowest BCUT2D eigenvalue weighted by Crippen LogP contribution is -1.98. The summed E-state index contributed by atoms with van der Waals surface area (Å²) in [5.41, 5.74) is 3.68. The summed E-state index contributed by atoms with van der Waals surface area (Å²) in [4.78, 5) is 0.167. The Morgan fingerprint density at radius 2 is 1.67 bits per heavy atom. The Hall–Kier alpha value is -0.320. The predicted octanol–water partition coefficient (Wildman–Crippen LogP) is 6.79. The van der Waals surface area contributed by atoms with Crippen LogP contribution in [0.4, 0.5) is 0 Å². The van der Waals surface area contributed by atoms with E-state index in [2.05, 4.69) is 92.0 Å². The van der Waals surface area contributed by atoms with E-state index in [1.807, 2.05) is 6.07 Å². The van der Waals surface area contributed by atoms with Crippen molar-refractivity contribution in [1.29, 1.82) is 0 Å². The van der Waals surface area contributed by atoms with Gasteiger partial charge in [-0.2, -0.15) is 0 Å². The molecule has 1 nitrogen and oxygen atoms in total. The van der Waals surface area contributed by atoms with Crippen LogP contribution in [0.1, 0.15) is 34.9 Å². The van der Waals surface area contributed by atoms with Crippen molar-refractivity contribution in [1.82, 2.24) is 0 Å². The normalized spacial score (nSPS) is 12.2. The molecule has 1 atom stereocenters. The minimum absolute atomic E-state index is 0.167. The molecule has 0 heterocycles. The molecule has 0 aromatic heterocycles. The van der Waals surface area contributed by atoms with Crippen LogP contribution in [0.25, 0.3) is 0 Å². The molecule has 1 unspecified atom stereocenters. The highest BCUT2D eigenvalue weighted by molar-refractivity contribution is 9.11. The molecule has 0 aliphatic heterocycles. The first-order valence-electron chi connectivity index (χ1n) is 6.85. The van der Waals surface area contributed by atoms with E-state index >= 15 is 0 Å². The summed E-state index contributed by atoms with van der Waals surface area (Å²) in [6.07, 6.45) is 1.01. The molecule has 0 N–H and O–H groups in total. The molecular weight excluding hydrogens is 460 g/mol. The zero-order valence-corrected chi connectivity index (χ0v) is 16.8. The Labute approximate surface area is 151 Å². The van der Waals surface area contributed by atoms with Crippen molar-refractivity contribution in [2.24, 2.45) is 0 Å². The number of benzene rings is 2. The number of hydrogen-bond acceptors (Lipinski definition) is 1. The summed E-state index contributed by atoms with van der Waals surface area (Å²) < 4.78 is 7.82. The second-order valence-corrected chi connectivity index (χ2v) is 7.53. The number of hydrogen-bond donors (Lipinski definition) is 0. The highest BCUT2D eigenvalue weighted by atomic mass is 79.9. The molecule has 2 rings (SSSR count). The Kier molecular flexibility index (Phi) is 6.33. The van der Waals surface area contributed by atoms with Crippen molar-refractivity contribution in [3.8, 4) is 5.75 Å². The molecule has 112 valence electrons. The maximum Gasteiger partial charge on any atom is 0.133 e. The van der Waals surface area contributed by atoms with Crippen LogP contribution in [0.3, 0.4) is 0 Å². The van der Waals surface area contributed by atoms with Gasteiger partial charge in [-0.1, -0.05) is 57.0 Å². The standard InChI is InChI=1S/C17H17Br3O/c1-3-8-21-16-7-5-13(10-15(16)19)17(20)12-4-6-14(18)11(2)9-12/h4-7,9-10,17H,3,8H2,1-2H3. The number of alkyl halides is 1. The lowest BCUT2D eigenvalue weighted by Gasteiger charge is -2.14. The average molecular weight is 477 g/mol. The Morgan fingerprint density at radius 1 is 1.00 bits per heavy atom. The fourth-order valence-electron chi connectivity index (χ4n) is 2.02. The molecule has 0 spiro atoms. The fourth-order valence-corrected chi connectivity index (χ4v) is 3.35. The molecule has 0 amide bonds. The van der Waals surface area contributed by atoms with Gasteiger partial charge >= 0.3 is 0 Å². The van der Waals surface area contributed by atoms with E-state index in [0.29, 0.717) is 0 Å². The molecule has 2 aromatic carbocycles. The Morgan fingerprint density at radius 3 is 2.29 bits per heavy atom. The number of rotatable bonds is 5. The summed E-state index contributed by atoms with van der Waals surface area (Å²) >= 11 is 10.9. The molecule has 0 aliphatic carbocycles. The molecule has 0 aliphatic rings. The number of halogens is 3. The van der Waals surface area contributed by atoms with Crippen LogP contribution in [0.2, 0.25) is 0 Å². The number of ether oxygens (including phenoxy) is 1. The van der Waals surface area contributed by atoms with Crippen LogP contribution in [-0.4, -0.2) is 6.61 Å². The van der Waals surface area contributed by atoms with E-state index in [9.17, 15) is 0 Å². The summed E-state index contributed by atoms with van der Waals surface area (Å²) in [6, 6.07) is 12.7. The Bertz CT molecular complexity index is 625. The largest absolute Gasteiger partial charge is 0.492 e. The lowest BCUT2D eigenvalue weighted by molar-refractivity contribution is 0.315. The van der Waals surface area contributed by atoms with Gasteiger partial charge in [0.2, 0.25) is 0 Å². The fraction of sp³-hybridized carbons (Fsp3) is 0.294. The topological polar surface area (TPSA) is 9.23 Å². The van der Waals surface area contributed by atoms with Crippen molar-refractivity contribution < 1.29 is 4.74 Å². The zero-order valence-electron chi connectivity index (χ0n) is 12.0. The van der Waals surface area contributed by atoms with E-state index in [4.69, 9.17) is 4.74 Å². The third-order valence-corrected chi connectivity index (χ3v) is 5.75. The molecule has 2 aromatic rings. The van der Waals surface area contributed by atoms with Gasteiger partial charge in [0, 0.05) is 4.47 Å². The molecular formula is C17H17Br3O. The summed E-state index contributed by atoms with van der Waals surface area (Å²) in [7, 11) is 0. The van der Waals surface area contributed by atoms with Crippen LogP contribution < -0.4 is 4.74 Å². The van der Waals surface area contributed by atoms with Gasteiger partial charge in [-0.05, 0) is 64.2 Å². The summed E-state index contributed by atoms with van der Waals surface area (Å²) in [5, 5.41) is 0. The first kappa shape index (κ1) is 17.0. The van der Waals surface area contributed by atoms with E-state index in [-0.39, 0.29) is 4.83 Å². The second kappa shape index (κ2) is 7.80. The van der Waals surface area contributed by atoms with Crippen LogP contribution in [0.5, 0.6) is 5.75 Å². The first-order valence-corrected chi connectivity index (χ1v) is 9.35. The quantitative estimate of drug-likeness (QED) is 0.431. The Balaban J connectivity index is 2.24. The third kappa shape index (κ3) is 4.33. The van der Waals surface area contributed by atoms with Gasteiger partial charge in [0.05, 0.1) is 15.9 Å². The third-order valence-electron chi connectivity index (χ3n) is 3.18. The monoisotopic (exact) mass is 474 g/mol. The molecule has 21 heavy (non-hydrogen) atoms. The van der Waals surface area contributed by atoms with Gasteiger partial charge in [0.15, 0.2) is 0 Å². The smallest absolute Gasteiger partial charge is 0.133 e. The zero-order chi connectivity index (χ0) is 15.4. The van der Waals surface area contributed by atoms with Gasteiger partial charge in [-0.15, -0.1) is 0 Å². The van der Waals surface area contributed by atoms with Crippen molar-refractivity contribution >= 4 is 47.8 Å². The molecule has 0 saturated heterocycles. The number of aryl methyl sites for hydroxylation is 1. The second-order valence-electron chi connectivity index (χ2n) is 4.91. The lowest BCUT2D eigenvalue weighted by atomic mass is 10.0. The van der Waals surface area contributed by atoms with Crippen LogP contribution in [-0.2, 0) is 0 Å². The van der Waals surface area contributed by atoms with E-state index < -0.39 is 0 Å². The van der Waals surface area contributed by atoms with Crippen molar-refractivity contribution in [2.75, 3.05) is 6.61 Å². The SMILES string of the molecule is CCCOc1ccc(C(Br)c2ccc(Br)c(C)c2)cc1Br. The summed E-state index contributed by atoms with van der Waals surface area (Å²) in [5.74, 6) is 0.896. The van der Waals surface area contributed by atoms with E-state index in [1.54, 1.807) is 0 Å². The average Bonchev–Trinajstić information content (AvgIpc) is 2.48. The van der Waals surface area contributed by atoms with Gasteiger partial charge < -0.3 is 4.74 Å². The molecule has 4 heteroatoms. The molecule has 0 saturated carbocycles. The maximum absolute atomic E-state index is 5.69. The van der Waals surface area contributed by atoms with E-state index in [0.717, 1.165) is 27.7 Å². The molecule has 0 radical (unpaired) electrons. The summed E-state index contributed by atoms with van der Waals surface area (Å²) in [6.45, 7) is 4.94. The highest BCUT2D eigenvalue weighted by Crippen LogP contribution is 2.36. The van der Waals surface area contributed by atoms with Gasteiger partial charge in [-0.25, -0.2) is 0 Å². The van der Waals surface area contributed by atoms with Crippen molar-refractivity contribution in [3.05, 3.63) is 62.0 Å². The van der Waals surface area contributed by atoms with Gasteiger partial charge in [0.1, 0.15) is 5.75 Å². The first-order chi connectivity index (χ1) is 10.0. The molecule has 0 bridgehead atoms. The van der Waals surface area contributed by atoms with Crippen LogP contribution in [0, 0.1) is 6.92 Å². The molecule has 0 fully saturated rings.